The summed E-state index contributed by atoms with van der Waals surface area (Å²) in [4.78, 5) is 17.0. The summed E-state index contributed by atoms with van der Waals surface area (Å²) < 4.78 is 29.5. The summed E-state index contributed by atoms with van der Waals surface area (Å²) in [6.07, 6.45) is 8.74. The van der Waals surface area contributed by atoms with Crippen LogP contribution in [0.15, 0.2) is 126 Å². The van der Waals surface area contributed by atoms with Gasteiger partial charge in [-0.2, -0.15) is 4.31 Å². The molecule has 5 aromatic rings. The van der Waals surface area contributed by atoms with Gasteiger partial charge in [0.1, 0.15) is 0 Å². The molecule has 47 heavy (non-hydrogen) atoms. The summed E-state index contributed by atoms with van der Waals surface area (Å²) in [5, 5.41) is 12.6. The Bertz CT molecular complexity index is 1890. The Morgan fingerprint density at radius 1 is 0.723 bits per heavy atom. The molecule has 0 radical (unpaired) electrons. The van der Waals surface area contributed by atoms with Gasteiger partial charge in [-0.25, -0.2) is 8.42 Å². The molecule has 7 nitrogen and oxygen atoms in total. The Kier molecular flexibility index (Phi) is 10.2. The van der Waals surface area contributed by atoms with E-state index in [4.69, 9.17) is 0 Å². The van der Waals surface area contributed by atoms with Gasteiger partial charge in [-0.15, -0.1) is 0 Å². The minimum absolute atomic E-state index is 0.0587. The van der Waals surface area contributed by atoms with Gasteiger partial charge >= 0.3 is 0 Å². The van der Waals surface area contributed by atoms with Crippen LogP contribution in [0, 0.1) is 5.92 Å². The van der Waals surface area contributed by atoms with E-state index in [1.54, 1.807) is 42.7 Å². The molecular weight excluding hydrogens is 607 g/mol. The first kappa shape index (κ1) is 32.3. The molecule has 0 saturated heterocycles. The summed E-state index contributed by atoms with van der Waals surface area (Å²) in [6.45, 7) is 0.299. The first-order valence-corrected chi connectivity index (χ1v) is 17.5. The van der Waals surface area contributed by atoms with Crippen molar-refractivity contribution in [2.75, 3.05) is 5.32 Å². The highest BCUT2D eigenvalue weighted by Crippen LogP contribution is 2.28. The Hall–Kier alpha value is -4.63. The van der Waals surface area contributed by atoms with Gasteiger partial charge in [-0.1, -0.05) is 92.1 Å². The van der Waals surface area contributed by atoms with Crippen LogP contribution in [-0.2, 0) is 34.5 Å². The van der Waals surface area contributed by atoms with Crippen LogP contribution in [0.5, 0.6) is 0 Å². The fraction of sp³-hybridized carbons (Fsp3) is 0.231. The van der Waals surface area contributed by atoms with E-state index >= 15 is 0 Å². The van der Waals surface area contributed by atoms with Crippen molar-refractivity contribution in [1.82, 2.24) is 9.29 Å². The zero-order valence-electron chi connectivity index (χ0n) is 26.3. The first-order chi connectivity index (χ1) is 22.9. The van der Waals surface area contributed by atoms with Crippen molar-refractivity contribution in [3.8, 4) is 22.3 Å². The monoisotopic (exact) mass is 645 g/mol. The highest BCUT2D eigenvalue weighted by molar-refractivity contribution is 7.89. The molecule has 1 heterocycles. The number of nitrogens with one attached hydrogen (secondary N) is 1. The number of nitrogens with zero attached hydrogens (tertiary/aromatic N) is 2. The molecule has 0 aliphatic heterocycles. The quantitative estimate of drug-likeness (QED) is 0.153. The number of rotatable bonds is 11. The summed E-state index contributed by atoms with van der Waals surface area (Å²) in [5.41, 5.74) is 7.03. The molecule has 240 valence electrons. The molecule has 0 bridgehead atoms. The molecule has 0 atom stereocenters. The SMILES string of the molecule is O=C(Nc1ccc(-c2ccc(CN(Cc3cccnc3)S(=O)(=O)c3ccc(-c4cccc(CO)c4)cc3)cc2)cc1)C1CCCCC1. The first-order valence-electron chi connectivity index (χ1n) is 16.1. The average molecular weight is 646 g/mol. The third-order valence-corrected chi connectivity index (χ3v) is 10.6. The van der Waals surface area contributed by atoms with Crippen LogP contribution in [0.1, 0.15) is 48.8 Å². The van der Waals surface area contributed by atoms with Crippen molar-refractivity contribution in [2.45, 2.75) is 56.7 Å². The topological polar surface area (TPSA) is 99.6 Å². The molecule has 2 N–H and O–H groups in total. The molecule has 1 amide bonds. The van der Waals surface area contributed by atoms with Crippen molar-refractivity contribution in [3.63, 3.8) is 0 Å². The number of sulfonamides is 1. The number of amides is 1. The van der Waals surface area contributed by atoms with Crippen molar-refractivity contribution in [2.24, 2.45) is 5.92 Å². The molecule has 1 saturated carbocycles. The van der Waals surface area contributed by atoms with E-state index in [-0.39, 0.29) is 36.4 Å². The van der Waals surface area contributed by atoms with E-state index in [2.05, 4.69) is 10.3 Å². The van der Waals surface area contributed by atoms with Crippen LogP contribution < -0.4 is 5.32 Å². The predicted molar refractivity (Wildman–Crippen MR) is 186 cm³/mol. The van der Waals surface area contributed by atoms with E-state index < -0.39 is 10.0 Å². The minimum Gasteiger partial charge on any atom is -0.392 e. The van der Waals surface area contributed by atoms with Gasteiger partial charge in [0.25, 0.3) is 0 Å². The predicted octanol–water partition coefficient (Wildman–Crippen LogP) is 7.82. The number of anilines is 1. The maximum absolute atomic E-state index is 14.0. The highest BCUT2D eigenvalue weighted by atomic mass is 32.2. The minimum atomic E-state index is -3.86. The number of hydrogen-bond acceptors (Lipinski definition) is 5. The standard InChI is InChI=1S/C39H39N3O4S/c43-28-30-6-4-10-36(24-30)34-17-21-38(22-18-34)47(45,46)42(27-31-7-5-23-40-25-31)26-29-11-13-32(14-12-29)33-15-19-37(20-16-33)41-39(44)35-8-2-1-3-9-35/h4-7,10-25,35,43H,1-3,8-9,26-28H2,(H,41,44). The molecular formula is C39H39N3O4S. The number of carbonyl (C=O) groups is 1. The zero-order valence-corrected chi connectivity index (χ0v) is 27.1. The van der Waals surface area contributed by atoms with Gasteiger partial charge in [-0.3, -0.25) is 9.78 Å². The maximum atomic E-state index is 14.0. The Morgan fingerprint density at radius 2 is 1.34 bits per heavy atom. The lowest BCUT2D eigenvalue weighted by molar-refractivity contribution is -0.120. The van der Waals surface area contributed by atoms with E-state index in [1.807, 2.05) is 78.9 Å². The van der Waals surface area contributed by atoms with Gasteiger partial charge in [0.2, 0.25) is 15.9 Å². The number of carbonyl (C=O) groups excluding carboxylic acids is 1. The normalized spacial score (nSPS) is 13.8. The Morgan fingerprint density at radius 3 is 2.00 bits per heavy atom. The molecule has 1 aromatic heterocycles. The fourth-order valence-electron chi connectivity index (χ4n) is 6.10. The van der Waals surface area contributed by atoms with Crippen molar-refractivity contribution < 1.29 is 18.3 Å². The van der Waals surface area contributed by atoms with Crippen LogP contribution in [0.4, 0.5) is 5.69 Å². The van der Waals surface area contributed by atoms with Gasteiger partial charge in [-0.05, 0) is 88.2 Å². The number of pyridine rings is 1. The van der Waals surface area contributed by atoms with Crippen LogP contribution in [-0.4, -0.2) is 28.7 Å². The summed E-state index contributed by atoms with van der Waals surface area (Å²) in [6, 6.07) is 33.9. The lowest BCUT2D eigenvalue weighted by Crippen LogP contribution is -2.30. The number of benzene rings is 4. The number of aliphatic hydroxyl groups excluding tert-OH is 1. The van der Waals surface area contributed by atoms with Gasteiger partial charge < -0.3 is 10.4 Å². The van der Waals surface area contributed by atoms with Crippen molar-refractivity contribution in [1.29, 1.82) is 0 Å². The molecule has 1 fully saturated rings. The van der Waals surface area contributed by atoms with E-state index in [9.17, 15) is 18.3 Å². The molecule has 1 aliphatic carbocycles. The van der Waals surface area contributed by atoms with Gasteiger partial charge in [0, 0.05) is 37.1 Å². The van der Waals surface area contributed by atoms with E-state index in [0.717, 1.165) is 70.3 Å². The van der Waals surface area contributed by atoms with Gasteiger partial charge in [0.15, 0.2) is 0 Å². The molecule has 6 rings (SSSR count). The summed E-state index contributed by atoms with van der Waals surface area (Å²) in [7, 11) is -3.86. The van der Waals surface area contributed by atoms with Crippen LogP contribution in [0.25, 0.3) is 22.3 Å². The number of hydrogen-bond donors (Lipinski definition) is 2. The maximum Gasteiger partial charge on any atom is 0.243 e. The molecule has 0 unspecified atom stereocenters. The largest absolute Gasteiger partial charge is 0.392 e. The van der Waals surface area contributed by atoms with Crippen LogP contribution in [0.2, 0.25) is 0 Å². The highest BCUT2D eigenvalue weighted by Gasteiger charge is 2.25. The third kappa shape index (κ3) is 8.03. The van der Waals surface area contributed by atoms with E-state index in [0.29, 0.717) is 0 Å². The van der Waals surface area contributed by atoms with Crippen LogP contribution >= 0.6 is 0 Å². The second kappa shape index (κ2) is 14.9. The average Bonchev–Trinajstić information content (AvgIpc) is 3.13. The molecule has 0 spiro atoms. The molecule has 8 heteroatoms. The van der Waals surface area contributed by atoms with Crippen molar-refractivity contribution in [3.05, 3.63) is 138 Å². The van der Waals surface area contributed by atoms with Gasteiger partial charge in [0.05, 0.1) is 11.5 Å². The fourth-order valence-corrected chi connectivity index (χ4v) is 7.52. The third-order valence-electron chi connectivity index (χ3n) is 8.79. The molecule has 4 aromatic carbocycles. The second-order valence-corrected chi connectivity index (χ2v) is 14.1. The second-order valence-electron chi connectivity index (χ2n) is 12.1. The summed E-state index contributed by atoms with van der Waals surface area (Å²) in [5.74, 6) is 0.212. The number of aliphatic hydroxyl groups is 1. The lowest BCUT2D eigenvalue weighted by atomic mass is 9.88. The van der Waals surface area contributed by atoms with E-state index in [1.165, 1.54) is 10.7 Å². The Labute approximate surface area is 277 Å². The lowest BCUT2D eigenvalue weighted by Gasteiger charge is -2.23. The van der Waals surface area contributed by atoms with Crippen LogP contribution in [0.3, 0.4) is 0 Å². The number of aromatic nitrogens is 1. The zero-order chi connectivity index (χ0) is 32.6. The Balaban J connectivity index is 1.18. The smallest absolute Gasteiger partial charge is 0.243 e. The summed E-state index contributed by atoms with van der Waals surface area (Å²) >= 11 is 0. The molecule has 1 aliphatic rings. The van der Waals surface area contributed by atoms with Crippen molar-refractivity contribution >= 4 is 21.6 Å².